The molecule has 0 amide bonds. The molecule has 0 unspecified atom stereocenters. The van der Waals surface area contributed by atoms with Crippen LogP contribution in [0.4, 0.5) is 0 Å². The van der Waals surface area contributed by atoms with E-state index in [-0.39, 0.29) is 0 Å². The standard InChI is InChI=1S/C17H13NO/c1-2-6-14(7-3-1)10-11-15-8-4-5-9-16(15)17-12-13-19-18-17/h1-13H. The Balaban J connectivity index is 1.96. The molecule has 3 rings (SSSR count). The maximum Gasteiger partial charge on any atom is 0.124 e. The third-order valence-electron chi connectivity index (χ3n) is 2.93. The smallest absolute Gasteiger partial charge is 0.124 e. The van der Waals surface area contributed by atoms with Gasteiger partial charge in [0.05, 0.1) is 0 Å². The van der Waals surface area contributed by atoms with E-state index < -0.39 is 0 Å². The maximum absolute atomic E-state index is 4.91. The summed E-state index contributed by atoms with van der Waals surface area (Å²) in [6, 6.07) is 20.2. The Bertz CT molecular complexity index is 670. The molecule has 0 fully saturated rings. The lowest BCUT2D eigenvalue weighted by molar-refractivity contribution is 0.422. The second-order valence-electron chi connectivity index (χ2n) is 4.22. The summed E-state index contributed by atoms with van der Waals surface area (Å²) in [4.78, 5) is 0. The Morgan fingerprint density at radius 2 is 1.58 bits per heavy atom. The van der Waals surface area contributed by atoms with Crippen LogP contribution in [0.3, 0.4) is 0 Å². The van der Waals surface area contributed by atoms with Crippen LogP contribution in [-0.4, -0.2) is 5.16 Å². The average Bonchev–Trinajstić information content (AvgIpc) is 3.01. The fourth-order valence-electron chi connectivity index (χ4n) is 1.98. The maximum atomic E-state index is 4.91. The van der Waals surface area contributed by atoms with Crippen LogP contribution in [0.2, 0.25) is 0 Å². The van der Waals surface area contributed by atoms with Gasteiger partial charge in [-0.1, -0.05) is 71.9 Å². The van der Waals surface area contributed by atoms with Gasteiger partial charge in [-0.2, -0.15) is 0 Å². The van der Waals surface area contributed by atoms with Crippen LogP contribution in [0, 0.1) is 0 Å². The van der Waals surface area contributed by atoms with Crippen molar-refractivity contribution in [2.75, 3.05) is 0 Å². The van der Waals surface area contributed by atoms with Crippen LogP contribution in [-0.2, 0) is 0 Å². The van der Waals surface area contributed by atoms with Crippen molar-refractivity contribution in [2.45, 2.75) is 0 Å². The first kappa shape index (κ1) is 11.5. The highest BCUT2D eigenvalue weighted by Crippen LogP contribution is 2.23. The Labute approximate surface area is 112 Å². The van der Waals surface area contributed by atoms with Gasteiger partial charge in [0.1, 0.15) is 12.0 Å². The number of hydrogen-bond donors (Lipinski definition) is 0. The average molecular weight is 247 g/mol. The van der Waals surface area contributed by atoms with Crippen molar-refractivity contribution in [3.05, 3.63) is 78.1 Å². The minimum atomic E-state index is 0.855. The highest BCUT2D eigenvalue weighted by atomic mass is 16.5. The minimum absolute atomic E-state index is 0.855. The first-order chi connectivity index (χ1) is 9.43. The molecule has 0 N–H and O–H groups in total. The molecule has 0 saturated heterocycles. The summed E-state index contributed by atoms with van der Waals surface area (Å²) < 4.78 is 4.91. The van der Waals surface area contributed by atoms with Crippen LogP contribution in [0.5, 0.6) is 0 Å². The Morgan fingerprint density at radius 1 is 0.789 bits per heavy atom. The zero-order chi connectivity index (χ0) is 12.9. The molecule has 0 aliphatic heterocycles. The molecule has 3 aromatic rings. The van der Waals surface area contributed by atoms with Crippen molar-refractivity contribution in [1.29, 1.82) is 0 Å². The van der Waals surface area contributed by atoms with E-state index in [4.69, 9.17) is 4.52 Å². The fourth-order valence-corrected chi connectivity index (χ4v) is 1.98. The highest BCUT2D eigenvalue weighted by Gasteiger charge is 2.04. The molecule has 2 aromatic carbocycles. The molecule has 0 saturated carbocycles. The van der Waals surface area contributed by atoms with E-state index in [2.05, 4.69) is 35.5 Å². The summed E-state index contributed by atoms with van der Waals surface area (Å²) in [6.07, 6.45) is 5.78. The normalized spacial score (nSPS) is 10.9. The summed E-state index contributed by atoms with van der Waals surface area (Å²) in [6.45, 7) is 0. The molecule has 0 spiro atoms. The van der Waals surface area contributed by atoms with Crippen molar-refractivity contribution in [2.24, 2.45) is 0 Å². The van der Waals surface area contributed by atoms with Gasteiger partial charge < -0.3 is 4.52 Å². The van der Waals surface area contributed by atoms with Gasteiger partial charge in [-0.15, -0.1) is 0 Å². The molecule has 0 atom stereocenters. The van der Waals surface area contributed by atoms with E-state index in [9.17, 15) is 0 Å². The highest BCUT2D eigenvalue weighted by molar-refractivity contribution is 5.79. The van der Waals surface area contributed by atoms with Crippen LogP contribution in [0.25, 0.3) is 23.4 Å². The summed E-state index contributed by atoms with van der Waals surface area (Å²) >= 11 is 0. The SMILES string of the molecule is C(=Cc1ccccc1-c1ccon1)c1ccccc1. The minimum Gasteiger partial charge on any atom is -0.364 e. The lowest BCUT2D eigenvalue weighted by Crippen LogP contribution is -1.82. The van der Waals surface area contributed by atoms with E-state index in [1.54, 1.807) is 6.26 Å². The predicted octanol–water partition coefficient (Wildman–Crippen LogP) is 4.51. The third kappa shape index (κ3) is 2.63. The largest absolute Gasteiger partial charge is 0.364 e. The molecule has 1 aromatic heterocycles. The molecule has 2 nitrogen and oxygen atoms in total. The van der Waals surface area contributed by atoms with Crippen molar-refractivity contribution >= 4 is 12.2 Å². The van der Waals surface area contributed by atoms with E-state index in [1.165, 1.54) is 5.56 Å². The molecule has 0 aliphatic carbocycles. The van der Waals surface area contributed by atoms with Crippen LogP contribution < -0.4 is 0 Å². The Kier molecular flexibility index (Phi) is 3.24. The first-order valence-electron chi connectivity index (χ1n) is 6.16. The van der Waals surface area contributed by atoms with Crippen molar-refractivity contribution in [3.63, 3.8) is 0 Å². The number of aromatic nitrogens is 1. The van der Waals surface area contributed by atoms with Crippen molar-refractivity contribution in [1.82, 2.24) is 5.16 Å². The summed E-state index contributed by atoms with van der Waals surface area (Å²) in [5.74, 6) is 0. The zero-order valence-electron chi connectivity index (χ0n) is 10.4. The van der Waals surface area contributed by atoms with Crippen molar-refractivity contribution in [3.8, 4) is 11.3 Å². The van der Waals surface area contributed by atoms with Gasteiger partial charge in [-0.3, -0.25) is 0 Å². The van der Waals surface area contributed by atoms with Gasteiger partial charge >= 0.3 is 0 Å². The fraction of sp³-hybridized carbons (Fsp3) is 0. The lowest BCUT2D eigenvalue weighted by Gasteiger charge is -2.01. The number of hydrogen-bond acceptors (Lipinski definition) is 2. The second-order valence-corrected chi connectivity index (χ2v) is 4.22. The molecule has 92 valence electrons. The van der Waals surface area contributed by atoms with Crippen LogP contribution >= 0.6 is 0 Å². The number of nitrogens with zero attached hydrogens (tertiary/aromatic N) is 1. The van der Waals surface area contributed by atoms with Gasteiger partial charge in [0.15, 0.2) is 0 Å². The van der Waals surface area contributed by atoms with Crippen LogP contribution in [0.15, 0.2) is 71.4 Å². The van der Waals surface area contributed by atoms with Gasteiger partial charge in [-0.25, -0.2) is 0 Å². The second kappa shape index (κ2) is 5.36. The topological polar surface area (TPSA) is 26.0 Å². The summed E-state index contributed by atoms with van der Waals surface area (Å²) in [5, 5.41) is 3.99. The predicted molar refractivity (Wildman–Crippen MR) is 77.3 cm³/mol. The van der Waals surface area contributed by atoms with Gasteiger partial charge in [0.2, 0.25) is 0 Å². The summed E-state index contributed by atoms with van der Waals surface area (Å²) in [7, 11) is 0. The van der Waals surface area contributed by atoms with E-state index in [1.807, 2.05) is 42.5 Å². The molecule has 0 radical (unpaired) electrons. The monoisotopic (exact) mass is 247 g/mol. The quantitative estimate of drug-likeness (QED) is 0.636. The molecular weight excluding hydrogens is 234 g/mol. The van der Waals surface area contributed by atoms with Gasteiger partial charge in [0, 0.05) is 11.6 Å². The van der Waals surface area contributed by atoms with Crippen LogP contribution in [0.1, 0.15) is 11.1 Å². The zero-order valence-corrected chi connectivity index (χ0v) is 10.4. The molecule has 1 heterocycles. The molecular formula is C17H13NO. The van der Waals surface area contributed by atoms with Gasteiger partial charge in [-0.05, 0) is 11.1 Å². The molecule has 2 heteroatoms. The molecule has 0 bridgehead atoms. The van der Waals surface area contributed by atoms with Crippen molar-refractivity contribution < 1.29 is 4.52 Å². The Morgan fingerprint density at radius 3 is 2.37 bits per heavy atom. The van der Waals surface area contributed by atoms with E-state index in [0.29, 0.717) is 0 Å². The lowest BCUT2D eigenvalue weighted by atomic mass is 10.0. The molecule has 19 heavy (non-hydrogen) atoms. The number of rotatable bonds is 3. The van der Waals surface area contributed by atoms with E-state index in [0.717, 1.165) is 16.8 Å². The third-order valence-corrected chi connectivity index (χ3v) is 2.93. The first-order valence-corrected chi connectivity index (χ1v) is 6.16. The van der Waals surface area contributed by atoms with E-state index >= 15 is 0 Å². The Hall–Kier alpha value is -2.61. The molecule has 0 aliphatic rings. The van der Waals surface area contributed by atoms with Gasteiger partial charge in [0.25, 0.3) is 0 Å². The number of benzene rings is 2. The summed E-state index contributed by atoms with van der Waals surface area (Å²) in [5.41, 5.74) is 4.23.